The topological polar surface area (TPSA) is 39.9 Å². The molecular weight excluding hydrogens is 482 g/mol. The molecule has 0 bridgehead atoms. The van der Waals surface area contributed by atoms with Gasteiger partial charge in [0, 0.05) is 27.3 Å². The van der Waals surface area contributed by atoms with Crippen molar-refractivity contribution in [1.82, 2.24) is 15.0 Å². The summed E-state index contributed by atoms with van der Waals surface area (Å²) in [6.07, 6.45) is 16.3. The molecule has 1 aromatic heterocycles. The number of aromatic nitrogens is 3. The minimum absolute atomic E-state index is 0. The van der Waals surface area contributed by atoms with Gasteiger partial charge in [-0.05, 0) is 33.6 Å². The van der Waals surface area contributed by atoms with E-state index in [0.717, 1.165) is 25.1 Å². The Bertz CT molecular complexity index is 415. The van der Waals surface area contributed by atoms with Crippen LogP contribution in [-0.4, -0.2) is 27.2 Å². The molecule has 0 amide bonds. The van der Waals surface area contributed by atoms with E-state index in [9.17, 15) is 0 Å². The van der Waals surface area contributed by atoms with Crippen LogP contribution >= 0.6 is 0 Å². The van der Waals surface area contributed by atoms with Crippen molar-refractivity contribution in [1.29, 1.82) is 0 Å². The Balaban J connectivity index is 0.00000576. The SMILES string of the molecule is [CH2-]CCCCCCCCCCCc1cn(CCOC(C)(C)C)nn1.[W]. The van der Waals surface area contributed by atoms with Gasteiger partial charge in [0.05, 0.1) is 24.4 Å². The van der Waals surface area contributed by atoms with Gasteiger partial charge in [-0.2, -0.15) is 6.42 Å². The first kappa shape index (κ1) is 24.8. The van der Waals surface area contributed by atoms with Crippen LogP contribution < -0.4 is 0 Å². The third-order valence-electron chi connectivity index (χ3n) is 4.12. The molecule has 0 unspecified atom stereocenters. The first-order valence-corrected chi connectivity index (χ1v) is 9.83. The predicted octanol–water partition coefficient (Wildman–Crippen LogP) is 5.37. The summed E-state index contributed by atoms with van der Waals surface area (Å²) in [5.74, 6) is 0. The fourth-order valence-corrected chi connectivity index (χ4v) is 2.73. The molecule has 1 aromatic rings. The molecule has 0 atom stereocenters. The van der Waals surface area contributed by atoms with E-state index in [4.69, 9.17) is 4.74 Å². The molecule has 0 spiro atoms. The summed E-state index contributed by atoms with van der Waals surface area (Å²) in [5, 5.41) is 8.44. The van der Waals surface area contributed by atoms with E-state index in [0.29, 0.717) is 6.61 Å². The third-order valence-corrected chi connectivity index (χ3v) is 4.12. The van der Waals surface area contributed by atoms with Gasteiger partial charge in [-0.1, -0.05) is 56.6 Å². The summed E-state index contributed by atoms with van der Waals surface area (Å²) in [7, 11) is 0. The zero-order chi connectivity index (χ0) is 17.7. The summed E-state index contributed by atoms with van der Waals surface area (Å²) in [4.78, 5) is 0. The smallest absolute Gasteiger partial charge is 0.0827 e. The Labute approximate surface area is 169 Å². The van der Waals surface area contributed by atoms with Gasteiger partial charge in [0.15, 0.2) is 0 Å². The van der Waals surface area contributed by atoms with Crippen molar-refractivity contribution in [2.24, 2.45) is 0 Å². The normalized spacial score (nSPS) is 11.5. The van der Waals surface area contributed by atoms with Gasteiger partial charge < -0.3 is 11.7 Å². The van der Waals surface area contributed by atoms with Crippen LogP contribution in [0.1, 0.15) is 90.7 Å². The fraction of sp³-hybridized carbons (Fsp3) is 0.850. The monoisotopic (exact) mass is 520 g/mol. The fourth-order valence-electron chi connectivity index (χ4n) is 2.73. The van der Waals surface area contributed by atoms with Crippen LogP contribution in [0.2, 0.25) is 0 Å². The molecule has 0 radical (unpaired) electrons. The molecule has 25 heavy (non-hydrogen) atoms. The molecule has 0 aliphatic heterocycles. The molecule has 0 aromatic carbocycles. The van der Waals surface area contributed by atoms with Gasteiger partial charge in [-0.15, -0.1) is 5.10 Å². The molecule has 4 nitrogen and oxygen atoms in total. The number of unbranched alkanes of at least 4 members (excludes halogenated alkanes) is 9. The van der Waals surface area contributed by atoms with Crippen LogP contribution in [0.25, 0.3) is 0 Å². The van der Waals surface area contributed by atoms with Gasteiger partial charge in [0.25, 0.3) is 0 Å². The molecule has 0 saturated carbocycles. The largest absolute Gasteiger partial charge is 0.374 e. The van der Waals surface area contributed by atoms with Crippen molar-refractivity contribution in [2.45, 2.75) is 104 Å². The Morgan fingerprint density at radius 3 is 2.08 bits per heavy atom. The summed E-state index contributed by atoms with van der Waals surface area (Å²) >= 11 is 0. The minimum atomic E-state index is -0.0867. The number of nitrogens with zero attached hydrogens (tertiary/aromatic N) is 3. The first-order valence-electron chi connectivity index (χ1n) is 9.83. The first-order chi connectivity index (χ1) is 11.5. The second-order valence-corrected chi connectivity index (χ2v) is 7.72. The molecule has 0 aliphatic carbocycles. The van der Waals surface area contributed by atoms with Crippen molar-refractivity contribution in [3.63, 3.8) is 0 Å². The summed E-state index contributed by atoms with van der Waals surface area (Å²) in [6.45, 7) is 11.6. The van der Waals surface area contributed by atoms with E-state index in [1.807, 2.05) is 4.68 Å². The van der Waals surface area contributed by atoms with E-state index < -0.39 is 0 Å². The second kappa shape index (κ2) is 14.9. The van der Waals surface area contributed by atoms with E-state index in [1.165, 1.54) is 57.8 Å². The number of hydrogen-bond acceptors (Lipinski definition) is 3. The summed E-state index contributed by atoms with van der Waals surface area (Å²) in [5.41, 5.74) is 1.02. The van der Waals surface area contributed by atoms with Crippen molar-refractivity contribution in [3.05, 3.63) is 18.8 Å². The van der Waals surface area contributed by atoms with Crippen LogP contribution in [0, 0.1) is 6.92 Å². The molecule has 0 N–H and O–H groups in total. The van der Waals surface area contributed by atoms with Gasteiger partial charge in [0.1, 0.15) is 0 Å². The Morgan fingerprint density at radius 1 is 0.960 bits per heavy atom. The Morgan fingerprint density at radius 2 is 1.52 bits per heavy atom. The average molecular weight is 520 g/mol. The van der Waals surface area contributed by atoms with Gasteiger partial charge in [0.2, 0.25) is 0 Å². The van der Waals surface area contributed by atoms with Crippen molar-refractivity contribution in [3.8, 4) is 0 Å². The molecule has 0 fully saturated rings. The van der Waals surface area contributed by atoms with Crippen molar-refractivity contribution in [2.75, 3.05) is 6.61 Å². The Kier molecular flexibility index (Phi) is 14.8. The van der Waals surface area contributed by atoms with Crippen LogP contribution in [0.15, 0.2) is 6.20 Å². The van der Waals surface area contributed by atoms with Crippen LogP contribution in [-0.2, 0) is 38.8 Å². The standard InChI is InChI=1S/C20H38N3O.W/c1-5-6-7-8-9-10-11-12-13-14-15-19-18-23(22-21-19)16-17-24-20(2,3)4;/h18H,1,5-17H2,2-4H3;/q-1;. The summed E-state index contributed by atoms with van der Waals surface area (Å²) < 4.78 is 7.61. The molecule has 146 valence electrons. The van der Waals surface area contributed by atoms with E-state index in [1.54, 1.807) is 0 Å². The van der Waals surface area contributed by atoms with Crippen LogP contribution in [0.3, 0.4) is 0 Å². The second-order valence-electron chi connectivity index (χ2n) is 7.72. The molecule has 1 heterocycles. The minimum Gasteiger partial charge on any atom is -0.374 e. The van der Waals surface area contributed by atoms with Crippen molar-refractivity contribution >= 4 is 0 Å². The number of ether oxygens (including phenoxy) is 1. The maximum Gasteiger partial charge on any atom is 0.0827 e. The molecule has 0 saturated heterocycles. The van der Waals surface area contributed by atoms with Crippen LogP contribution in [0.4, 0.5) is 0 Å². The number of hydrogen-bond donors (Lipinski definition) is 0. The zero-order valence-corrected chi connectivity index (χ0v) is 19.6. The number of rotatable bonds is 14. The van der Waals surface area contributed by atoms with Crippen LogP contribution in [0.5, 0.6) is 0 Å². The maximum absolute atomic E-state index is 5.72. The number of aryl methyl sites for hydroxylation is 1. The Hall–Kier alpha value is -0.212. The van der Waals surface area contributed by atoms with E-state index in [2.05, 4.69) is 44.2 Å². The van der Waals surface area contributed by atoms with Gasteiger partial charge in [-0.25, -0.2) is 4.68 Å². The summed E-state index contributed by atoms with van der Waals surface area (Å²) in [6, 6.07) is 0. The maximum atomic E-state index is 5.72. The average Bonchev–Trinajstić information content (AvgIpc) is 2.96. The van der Waals surface area contributed by atoms with Crippen molar-refractivity contribution < 1.29 is 25.8 Å². The van der Waals surface area contributed by atoms with E-state index in [-0.39, 0.29) is 26.7 Å². The third kappa shape index (κ3) is 14.6. The zero-order valence-electron chi connectivity index (χ0n) is 16.6. The van der Waals surface area contributed by atoms with E-state index >= 15 is 0 Å². The van der Waals surface area contributed by atoms with Gasteiger partial charge >= 0.3 is 0 Å². The molecular formula is C20H38N3OW-. The molecule has 5 heteroatoms. The van der Waals surface area contributed by atoms with Gasteiger partial charge in [-0.3, -0.25) is 0 Å². The molecule has 0 aliphatic rings. The quantitative estimate of drug-likeness (QED) is 0.245. The predicted molar refractivity (Wildman–Crippen MR) is 101 cm³/mol. The molecule has 1 rings (SSSR count).